The van der Waals surface area contributed by atoms with Crippen LogP contribution in [-0.4, -0.2) is 47.8 Å². The number of nitrogens with zero attached hydrogens (tertiary/aromatic N) is 2. The van der Waals surface area contributed by atoms with Gasteiger partial charge >= 0.3 is 0 Å². The lowest BCUT2D eigenvalue weighted by atomic mass is 10.2. The fourth-order valence-electron chi connectivity index (χ4n) is 2.93. The summed E-state index contributed by atoms with van der Waals surface area (Å²) in [6.07, 6.45) is 0.663. The third-order valence-corrected chi connectivity index (χ3v) is 4.97. The van der Waals surface area contributed by atoms with Crippen molar-refractivity contribution in [3.05, 3.63) is 69.9 Å². The molecule has 3 rings (SSSR count). The second-order valence-corrected chi connectivity index (χ2v) is 6.75. The molecule has 4 nitrogen and oxygen atoms in total. The van der Waals surface area contributed by atoms with Crippen LogP contribution in [-0.2, 0) is 0 Å². The van der Waals surface area contributed by atoms with Gasteiger partial charge in [0.2, 0.25) is 0 Å². The van der Waals surface area contributed by atoms with E-state index in [1.807, 2.05) is 18.2 Å². The SMILES string of the molecule is O=C(c1ccccc1F)N1CCCN(C(=O)c2ccccc2Br)CC1. The highest BCUT2D eigenvalue weighted by atomic mass is 79.9. The minimum Gasteiger partial charge on any atom is -0.337 e. The molecule has 0 aliphatic carbocycles. The zero-order valence-electron chi connectivity index (χ0n) is 13.6. The molecule has 25 heavy (non-hydrogen) atoms. The lowest BCUT2D eigenvalue weighted by Crippen LogP contribution is -2.37. The minimum absolute atomic E-state index is 0.0623. The van der Waals surface area contributed by atoms with Crippen LogP contribution in [0.3, 0.4) is 0 Å². The van der Waals surface area contributed by atoms with E-state index in [4.69, 9.17) is 0 Å². The normalized spacial score (nSPS) is 15.0. The van der Waals surface area contributed by atoms with Crippen molar-refractivity contribution in [2.75, 3.05) is 26.2 Å². The van der Waals surface area contributed by atoms with Gasteiger partial charge in [0.15, 0.2) is 0 Å². The van der Waals surface area contributed by atoms with Crippen LogP contribution in [0, 0.1) is 5.82 Å². The molecule has 1 aliphatic heterocycles. The van der Waals surface area contributed by atoms with Crippen molar-refractivity contribution in [2.24, 2.45) is 0 Å². The van der Waals surface area contributed by atoms with Crippen LogP contribution in [0.15, 0.2) is 53.0 Å². The van der Waals surface area contributed by atoms with Crippen molar-refractivity contribution in [2.45, 2.75) is 6.42 Å². The summed E-state index contributed by atoms with van der Waals surface area (Å²) in [6, 6.07) is 13.3. The van der Waals surface area contributed by atoms with Crippen LogP contribution in [0.4, 0.5) is 4.39 Å². The molecule has 1 saturated heterocycles. The Morgan fingerprint density at radius 1 is 0.800 bits per heavy atom. The number of carbonyl (C=O) groups is 2. The molecule has 2 amide bonds. The van der Waals surface area contributed by atoms with Gasteiger partial charge in [0.1, 0.15) is 5.82 Å². The third kappa shape index (κ3) is 3.90. The number of hydrogen-bond donors (Lipinski definition) is 0. The Kier molecular flexibility index (Phi) is 5.48. The Balaban J connectivity index is 1.70. The molecular weight excluding hydrogens is 387 g/mol. The molecule has 0 spiro atoms. The van der Waals surface area contributed by atoms with Gasteiger partial charge in [-0.15, -0.1) is 0 Å². The summed E-state index contributed by atoms with van der Waals surface area (Å²) in [4.78, 5) is 28.6. The number of amides is 2. The Morgan fingerprint density at radius 3 is 1.92 bits per heavy atom. The van der Waals surface area contributed by atoms with Crippen molar-refractivity contribution in [1.82, 2.24) is 9.80 Å². The molecular formula is C19H18BrFN2O2. The van der Waals surface area contributed by atoms with Crippen molar-refractivity contribution < 1.29 is 14.0 Å². The zero-order chi connectivity index (χ0) is 17.8. The van der Waals surface area contributed by atoms with E-state index in [0.29, 0.717) is 38.2 Å². The molecule has 0 bridgehead atoms. The molecule has 0 aromatic heterocycles. The van der Waals surface area contributed by atoms with Gasteiger partial charge in [-0.3, -0.25) is 9.59 Å². The molecule has 0 N–H and O–H groups in total. The van der Waals surface area contributed by atoms with E-state index in [1.165, 1.54) is 12.1 Å². The Morgan fingerprint density at radius 2 is 1.32 bits per heavy atom. The first kappa shape index (κ1) is 17.6. The van der Waals surface area contributed by atoms with Crippen molar-refractivity contribution in [3.63, 3.8) is 0 Å². The summed E-state index contributed by atoms with van der Waals surface area (Å²) in [5, 5.41) is 0. The van der Waals surface area contributed by atoms with E-state index in [1.54, 1.807) is 28.0 Å². The van der Waals surface area contributed by atoms with E-state index in [-0.39, 0.29) is 17.4 Å². The predicted molar refractivity (Wildman–Crippen MR) is 97.0 cm³/mol. The first-order valence-electron chi connectivity index (χ1n) is 8.15. The molecule has 6 heteroatoms. The topological polar surface area (TPSA) is 40.6 Å². The number of halogens is 2. The maximum absolute atomic E-state index is 13.9. The van der Waals surface area contributed by atoms with Crippen LogP contribution in [0.25, 0.3) is 0 Å². The number of benzene rings is 2. The number of carbonyl (C=O) groups excluding carboxylic acids is 2. The third-order valence-electron chi connectivity index (χ3n) is 4.28. The summed E-state index contributed by atoms with van der Waals surface area (Å²) >= 11 is 3.40. The largest absolute Gasteiger partial charge is 0.337 e. The highest BCUT2D eigenvalue weighted by molar-refractivity contribution is 9.10. The fraction of sp³-hybridized carbons (Fsp3) is 0.263. The molecule has 0 saturated carbocycles. The average Bonchev–Trinajstić information content (AvgIpc) is 2.87. The van der Waals surface area contributed by atoms with Crippen LogP contribution in [0.2, 0.25) is 0 Å². The van der Waals surface area contributed by atoms with Gasteiger partial charge in [-0.25, -0.2) is 4.39 Å². The molecule has 0 atom stereocenters. The zero-order valence-corrected chi connectivity index (χ0v) is 15.2. The van der Waals surface area contributed by atoms with Crippen molar-refractivity contribution >= 4 is 27.7 Å². The number of rotatable bonds is 2. The first-order valence-corrected chi connectivity index (χ1v) is 8.95. The highest BCUT2D eigenvalue weighted by Crippen LogP contribution is 2.19. The van der Waals surface area contributed by atoms with Crippen molar-refractivity contribution in [3.8, 4) is 0 Å². The van der Waals surface area contributed by atoms with Crippen LogP contribution in [0.1, 0.15) is 27.1 Å². The molecule has 0 radical (unpaired) electrons. The molecule has 0 unspecified atom stereocenters. The maximum atomic E-state index is 13.9. The van der Waals surface area contributed by atoms with E-state index in [9.17, 15) is 14.0 Å². The van der Waals surface area contributed by atoms with Gasteiger partial charge in [-0.1, -0.05) is 24.3 Å². The van der Waals surface area contributed by atoms with Crippen LogP contribution < -0.4 is 0 Å². The summed E-state index contributed by atoms with van der Waals surface area (Å²) in [5.41, 5.74) is 0.685. The lowest BCUT2D eigenvalue weighted by Gasteiger charge is -2.22. The summed E-state index contributed by atoms with van der Waals surface area (Å²) in [6.45, 7) is 1.90. The highest BCUT2D eigenvalue weighted by Gasteiger charge is 2.25. The van der Waals surface area contributed by atoms with E-state index < -0.39 is 5.82 Å². The summed E-state index contributed by atoms with van der Waals surface area (Å²) < 4.78 is 14.6. The molecule has 1 aliphatic rings. The average molecular weight is 405 g/mol. The summed E-state index contributed by atoms with van der Waals surface area (Å²) in [5.74, 6) is -0.904. The monoisotopic (exact) mass is 404 g/mol. The predicted octanol–water partition coefficient (Wildman–Crippen LogP) is 3.58. The maximum Gasteiger partial charge on any atom is 0.256 e. The van der Waals surface area contributed by atoms with Gasteiger partial charge in [0.25, 0.3) is 11.8 Å². The number of hydrogen-bond acceptors (Lipinski definition) is 2. The Labute approximate surface area is 154 Å². The Hall–Kier alpha value is -2.21. The second kappa shape index (κ2) is 7.78. The Bertz CT molecular complexity index is 731. The van der Waals surface area contributed by atoms with E-state index in [0.717, 1.165) is 4.47 Å². The first-order chi connectivity index (χ1) is 12.1. The quantitative estimate of drug-likeness (QED) is 0.767. The van der Waals surface area contributed by atoms with Gasteiger partial charge in [0.05, 0.1) is 11.1 Å². The van der Waals surface area contributed by atoms with Gasteiger partial charge < -0.3 is 9.80 Å². The fourth-order valence-corrected chi connectivity index (χ4v) is 3.39. The second-order valence-electron chi connectivity index (χ2n) is 5.90. The van der Waals surface area contributed by atoms with Crippen LogP contribution >= 0.6 is 15.9 Å². The van der Waals surface area contributed by atoms with Gasteiger partial charge in [0, 0.05) is 30.7 Å². The smallest absolute Gasteiger partial charge is 0.256 e. The van der Waals surface area contributed by atoms with Gasteiger partial charge in [-0.05, 0) is 46.6 Å². The standard InChI is InChI=1S/C19H18BrFN2O2/c20-16-8-3-1-6-14(16)18(24)22-10-5-11-23(13-12-22)19(25)15-7-2-4-9-17(15)21/h1-4,6-9H,5,10-13H2. The molecule has 2 aromatic rings. The van der Waals surface area contributed by atoms with E-state index >= 15 is 0 Å². The van der Waals surface area contributed by atoms with Crippen LogP contribution in [0.5, 0.6) is 0 Å². The summed E-state index contributed by atoms with van der Waals surface area (Å²) in [7, 11) is 0. The molecule has 2 aromatic carbocycles. The molecule has 130 valence electrons. The minimum atomic E-state index is -0.516. The lowest BCUT2D eigenvalue weighted by molar-refractivity contribution is 0.0715. The van der Waals surface area contributed by atoms with Gasteiger partial charge in [-0.2, -0.15) is 0 Å². The van der Waals surface area contributed by atoms with E-state index in [2.05, 4.69) is 15.9 Å². The molecule has 1 fully saturated rings. The molecule has 1 heterocycles. The van der Waals surface area contributed by atoms with Crippen molar-refractivity contribution in [1.29, 1.82) is 0 Å².